The molecule has 0 radical (unpaired) electrons. The number of nitrogens with two attached hydrogens (primary N) is 1. The van der Waals surface area contributed by atoms with Crippen molar-refractivity contribution in [3.63, 3.8) is 0 Å². The van der Waals surface area contributed by atoms with E-state index in [4.69, 9.17) is 5.73 Å². The molecule has 8 nitrogen and oxygen atoms in total. The summed E-state index contributed by atoms with van der Waals surface area (Å²) in [6, 6.07) is 13.5. The van der Waals surface area contributed by atoms with Crippen LogP contribution in [0.5, 0.6) is 0 Å². The van der Waals surface area contributed by atoms with Crippen molar-refractivity contribution in [3.05, 3.63) is 112 Å². The van der Waals surface area contributed by atoms with Crippen LogP contribution in [0.15, 0.2) is 78.0 Å². The van der Waals surface area contributed by atoms with Crippen molar-refractivity contribution in [2.75, 3.05) is 11.1 Å². The molecule has 0 spiro atoms. The van der Waals surface area contributed by atoms with Gasteiger partial charge in [0.25, 0.3) is 5.56 Å². The smallest absolute Gasteiger partial charge is 0.382 e. The van der Waals surface area contributed by atoms with Crippen molar-refractivity contribution in [1.82, 2.24) is 24.5 Å². The third-order valence-corrected chi connectivity index (χ3v) is 5.90. The molecular formula is C28H19F4N7O. The molecule has 0 saturated heterocycles. The van der Waals surface area contributed by atoms with E-state index < -0.39 is 34.5 Å². The number of rotatable bonds is 4. The highest BCUT2D eigenvalue weighted by atomic mass is 19.4. The largest absolute Gasteiger partial charge is 0.417 e. The van der Waals surface area contributed by atoms with Crippen LogP contribution in [-0.2, 0) is 6.18 Å². The van der Waals surface area contributed by atoms with Gasteiger partial charge in [-0.1, -0.05) is 30.2 Å². The van der Waals surface area contributed by atoms with Crippen LogP contribution in [0.25, 0.3) is 16.6 Å². The molecule has 1 atom stereocenters. The summed E-state index contributed by atoms with van der Waals surface area (Å²) in [6.07, 6.45) is -2.53. The fourth-order valence-electron chi connectivity index (χ4n) is 4.08. The lowest BCUT2D eigenvalue weighted by Crippen LogP contribution is -2.29. The fourth-order valence-corrected chi connectivity index (χ4v) is 4.08. The molecule has 0 aliphatic heterocycles. The second-order valence-electron chi connectivity index (χ2n) is 8.60. The van der Waals surface area contributed by atoms with E-state index in [0.29, 0.717) is 5.69 Å². The van der Waals surface area contributed by atoms with E-state index in [0.717, 1.165) is 16.8 Å². The number of halogens is 4. The first-order valence-electron chi connectivity index (χ1n) is 11.8. The highest BCUT2D eigenvalue weighted by Gasteiger charge is 2.35. The van der Waals surface area contributed by atoms with Crippen LogP contribution >= 0.6 is 0 Å². The number of anilines is 2. The van der Waals surface area contributed by atoms with Gasteiger partial charge in [0, 0.05) is 0 Å². The molecule has 0 amide bonds. The monoisotopic (exact) mass is 545 g/mol. The summed E-state index contributed by atoms with van der Waals surface area (Å²) < 4.78 is 55.8. The first-order valence-corrected chi connectivity index (χ1v) is 11.8. The summed E-state index contributed by atoms with van der Waals surface area (Å²) in [6.45, 7) is 1.66. The van der Waals surface area contributed by atoms with Crippen molar-refractivity contribution < 1.29 is 17.6 Å². The quantitative estimate of drug-likeness (QED) is 0.245. The SMILES string of the molecule is CC(Nc1ncnc(N)c1C#Cc1ccc(F)cn1)c1nc2cccc(C(F)(F)F)c2c(=O)n1-c1ccccc1. The lowest BCUT2D eigenvalue weighted by Gasteiger charge is -2.21. The van der Waals surface area contributed by atoms with Crippen molar-refractivity contribution >= 4 is 22.5 Å². The van der Waals surface area contributed by atoms with Gasteiger partial charge in [-0.2, -0.15) is 13.2 Å². The number of para-hydroxylation sites is 1. The van der Waals surface area contributed by atoms with Crippen molar-refractivity contribution in [2.24, 2.45) is 0 Å². The molecule has 5 aromatic rings. The van der Waals surface area contributed by atoms with Crippen molar-refractivity contribution in [1.29, 1.82) is 0 Å². The molecule has 200 valence electrons. The second kappa shape index (κ2) is 10.5. The van der Waals surface area contributed by atoms with E-state index in [1.54, 1.807) is 37.3 Å². The molecule has 0 saturated carbocycles. The Hall–Kier alpha value is -5.31. The van der Waals surface area contributed by atoms with Gasteiger partial charge in [0.1, 0.15) is 40.9 Å². The minimum Gasteiger partial charge on any atom is -0.382 e. The van der Waals surface area contributed by atoms with Crippen LogP contribution in [0.3, 0.4) is 0 Å². The topological polar surface area (TPSA) is 112 Å². The zero-order valence-corrected chi connectivity index (χ0v) is 20.7. The second-order valence-corrected chi connectivity index (χ2v) is 8.60. The zero-order chi connectivity index (χ0) is 28.4. The molecule has 3 aromatic heterocycles. The number of nitrogens with zero attached hydrogens (tertiary/aromatic N) is 5. The summed E-state index contributed by atoms with van der Waals surface area (Å²) in [7, 11) is 0. The molecule has 0 fully saturated rings. The Morgan fingerprint density at radius 3 is 2.45 bits per heavy atom. The number of pyridine rings is 1. The van der Waals surface area contributed by atoms with Gasteiger partial charge in [0.15, 0.2) is 0 Å². The molecule has 0 aliphatic rings. The number of nitrogen functional groups attached to an aromatic ring is 1. The minimum absolute atomic E-state index is 0.0426. The third-order valence-electron chi connectivity index (χ3n) is 5.90. The van der Waals surface area contributed by atoms with Crippen LogP contribution in [0, 0.1) is 17.7 Å². The van der Waals surface area contributed by atoms with E-state index in [1.807, 2.05) is 0 Å². The molecule has 3 N–H and O–H groups in total. The van der Waals surface area contributed by atoms with E-state index in [-0.39, 0.29) is 34.2 Å². The number of hydrogen-bond acceptors (Lipinski definition) is 7. The van der Waals surface area contributed by atoms with Gasteiger partial charge in [-0.3, -0.25) is 9.36 Å². The van der Waals surface area contributed by atoms with Crippen LogP contribution in [0.1, 0.15) is 35.6 Å². The number of aromatic nitrogens is 5. The highest BCUT2D eigenvalue weighted by molar-refractivity contribution is 5.82. The average Bonchev–Trinajstić information content (AvgIpc) is 2.93. The molecule has 12 heteroatoms. The summed E-state index contributed by atoms with van der Waals surface area (Å²) in [5, 5.41) is 2.56. The number of hydrogen-bond donors (Lipinski definition) is 2. The Morgan fingerprint density at radius 2 is 1.75 bits per heavy atom. The standard InChI is InChI=1S/C28H19F4N7O/c1-16(37-25-20(24(33)35-15-36-25)13-12-18-11-10-17(29)14-34-18)26-38-22-9-5-8-21(28(30,31)32)23(22)27(40)39(26)19-6-3-2-4-7-19/h2-11,14-16H,1H3,(H3,33,35,36,37). The van der Waals surface area contributed by atoms with E-state index in [1.165, 1.54) is 30.6 Å². The van der Waals surface area contributed by atoms with Crippen molar-refractivity contribution in [3.8, 4) is 17.5 Å². The maximum atomic E-state index is 13.8. The molecule has 0 aliphatic carbocycles. The zero-order valence-electron chi connectivity index (χ0n) is 20.7. The first-order chi connectivity index (χ1) is 19.1. The van der Waals surface area contributed by atoms with Crippen molar-refractivity contribution in [2.45, 2.75) is 19.1 Å². The van der Waals surface area contributed by atoms with E-state index >= 15 is 0 Å². The highest BCUT2D eigenvalue weighted by Crippen LogP contribution is 2.34. The average molecular weight is 546 g/mol. The molecule has 2 aromatic carbocycles. The maximum Gasteiger partial charge on any atom is 0.417 e. The Bertz CT molecular complexity index is 1830. The van der Waals surface area contributed by atoms with Crippen LogP contribution in [0.2, 0.25) is 0 Å². The molecule has 0 bridgehead atoms. The molecule has 5 rings (SSSR count). The van der Waals surface area contributed by atoms with Gasteiger partial charge >= 0.3 is 6.18 Å². The van der Waals surface area contributed by atoms with E-state index in [2.05, 4.69) is 37.1 Å². The number of fused-ring (bicyclic) bond motifs is 1. The Kier molecular flexibility index (Phi) is 6.87. The number of alkyl halides is 3. The first kappa shape index (κ1) is 26.3. The number of nitrogens with one attached hydrogen (secondary N) is 1. The Morgan fingerprint density at radius 1 is 0.975 bits per heavy atom. The van der Waals surface area contributed by atoms with Crippen LogP contribution < -0.4 is 16.6 Å². The van der Waals surface area contributed by atoms with E-state index in [9.17, 15) is 22.4 Å². The summed E-state index contributed by atoms with van der Waals surface area (Å²) in [5.74, 6) is 5.43. The molecule has 40 heavy (non-hydrogen) atoms. The Balaban J connectivity index is 1.64. The molecular weight excluding hydrogens is 526 g/mol. The lowest BCUT2D eigenvalue weighted by molar-refractivity contribution is -0.136. The molecule has 3 heterocycles. The normalized spacial score (nSPS) is 12.0. The van der Waals surface area contributed by atoms with Crippen LogP contribution in [0.4, 0.5) is 29.2 Å². The minimum atomic E-state index is -4.76. The predicted molar refractivity (Wildman–Crippen MR) is 141 cm³/mol. The molecule has 1 unspecified atom stereocenters. The summed E-state index contributed by atoms with van der Waals surface area (Å²) in [5.41, 5.74) is 4.79. The third kappa shape index (κ3) is 5.17. The summed E-state index contributed by atoms with van der Waals surface area (Å²) >= 11 is 0. The summed E-state index contributed by atoms with van der Waals surface area (Å²) in [4.78, 5) is 30.2. The van der Waals surface area contributed by atoms with Gasteiger partial charge in [-0.25, -0.2) is 24.3 Å². The van der Waals surface area contributed by atoms with Gasteiger partial charge in [-0.05, 0) is 49.2 Å². The van der Waals surface area contributed by atoms with Gasteiger partial charge in [0.05, 0.1) is 34.4 Å². The lowest BCUT2D eigenvalue weighted by atomic mass is 10.1. The van der Waals surface area contributed by atoms with Gasteiger partial charge in [-0.15, -0.1) is 0 Å². The van der Waals surface area contributed by atoms with Gasteiger partial charge < -0.3 is 11.1 Å². The van der Waals surface area contributed by atoms with Crippen LogP contribution in [-0.4, -0.2) is 24.5 Å². The number of benzene rings is 2. The predicted octanol–water partition coefficient (Wildman–Crippen LogP) is 4.88. The van der Waals surface area contributed by atoms with Gasteiger partial charge in [0.2, 0.25) is 0 Å². The maximum absolute atomic E-state index is 13.8. The Labute approximate surface area is 224 Å². The fraction of sp³-hybridized carbons (Fsp3) is 0.107.